The zero-order valence-corrected chi connectivity index (χ0v) is 16.4. The van der Waals surface area contributed by atoms with Crippen molar-refractivity contribution in [2.75, 3.05) is 0 Å². The first kappa shape index (κ1) is 23.4. The Kier molecular flexibility index (Phi) is 10.4. The van der Waals surface area contributed by atoms with Crippen LogP contribution in [-0.2, 0) is 9.59 Å². The van der Waals surface area contributed by atoms with Crippen LogP contribution in [0, 0.1) is 24.2 Å². The van der Waals surface area contributed by atoms with Gasteiger partial charge in [-0.25, -0.2) is 4.79 Å². The van der Waals surface area contributed by atoms with Crippen LogP contribution < -0.4 is 0 Å². The molecule has 1 rings (SSSR count). The van der Waals surface area contributed by atoms with Gasteiger partial charge in [0.05, 0.1) is 0 Å². The molecule has 0 aromatic rings. The smallest absolute Gasteiger partial charge is 0.332 e. The van der Waals surface area contributed by atoms with E-state index < -0.39 is 17.7 Å². The molecule has 0 aromatic carbocycles. The number of carbonyl (C=O) groups excluding carboxylic acids is 1. The van der Waals surface area contributed by atoms with Crippen LogP contribution in [-0.4, -0.2) is 38.8 Å². The molecule has 2 unspecified atom stereocenters. The number of rotatable bonds is 13. The van der Waals surface area contributed by atoms with E-state index in [-0.39, 0.29) is 24.0 Å². The van der Waals surface area contributed by atoms with Crippen molar-refractivity contribution < 1.29 is 24.9 Å². The molecule has 27 heavy (non-hydrogen) atoms. The van der Waals surface area contributed by atoms with Gasteiger partial charge in [0, 0.05) is 18.8 Å². The van der Waals surface area contributed by atoms with E-state index in [1.165, 1.54) is 0 Å². The summed E-state index contributed by atoms with van der Waals surface area (Å²) >= 11 is 0. The third kappa shape index (κ3) is 8.28. The molecule has 4 atom stereocenters. The Bertz CT molecular complexity index is 547. The molecule has 1 fully saturated rings. The zero-order valence-electron chi connectivity index (χ0n) is 16.4. The summed E-state index contributed by atoms with van der Waals surface area (Å²) in [4.78, 5) is 22.7. The predicted molar refractivity (Wildman–Crippen MR) is 105 cm³/mol. The fraction of sp³-hybridized carbons (Fsp3) is 0.727. The van der Waals surface area contributed by atoms with Crippen LogP contribution in [0.15, 0.2) is 12.2 Å². The largest absolute Gasteiger partial charge is 0.479 e. The van der Waals surface area contributed by atoms with Gasteiger partial charge in [-0.3, -0.25) is 4.79 Å². The quantitative estimate of drug-likeness (QED) is 0.259. The van der Waals surface area contributed by atoms with Crippen LogP contribution in [0.4, 0.5) is 0 Å². The minimum Gasteiger partial charge on any atom is -0.479 e. The third-order valence-electron chi connectivity index (χ3n) is 5.48. The molecule has 1 aliphatic carbocycles. The van der Waals surface area contributed by atoms with Gasteiger partial charge in [-0.05, 0) is 38.0 Å². The van der Waals surface area contributed by atoms with E-state index in [9.17, 15) is 19.8 Å². The minimum absolute atomic E-state index is 0.000201. The van der Waals surface area contributed by atoms with Crippen molar-refractivity contribution in [2.45, 2.75) is 89.3 Å². The number of carboxylic acids is 1. The molecule has 0 bridgehead atoms. The van der Waals surface area contributed by atoms with Gasteiger partial charge in [-0.1, -0.05) is 50.7 Å². The summed E-state index contributed by atoms with van der Waals surface area (Å²) in [5.41, 5.74) is -1.10. The van der Waals surface area contributed by atoms with Gasteiger partial charge in [0.2, 0.25) is 0 Å². The third-order valence-corrected chi connectivity index (χ3v) is 5.48. The average Bonchev–Trinajstić information content (AvgIpc) is 2.99. The standard InChI is InChI=1S/C22H34O5/c1-3-5-15-22(27,4-2)16-9-10-17-13-14-19(23)18(17)11-7-6-8-12-20(24)21(25)26/h2,9-10,17-18,20,24,27H,3,5-8,11-16H2,1H3,(H,25,26)/t17-,18+,20?,22?/m0/s1. The Balaban J connectivity index is 2.43. The van der Waals surface area contributed by atoms with Crippen molar-refractivity contribution in [2.24, 2.45) is 11.8 Å². The molecule has 3 N–H and O–H groups in total. The lowest BCUT2D eigenvalue weighted by molar-refractivity contribution is -0.147. The maximum absolute atomic E-state index is 12.2. The van der Waals surface area contributed by atoms with Crippen molar-refractivity contribution >= 4 is 11.8 Å². The number of allylic oxidation sites excluding steroid dienone is 1. The highest BCUT2D eigenvalue weighted by molar-refractivity contribution is 5.83. The van der Waals surface area contributed by atoms with Gasteiger partial charge < -0.3 is 15.3 Å². The topological polar surface area (TPSA) is 94.8 Å². The number of hydrogen-bond donors (Lipinski definition) is 3. The Morgan fingerprint density at radius 3 is 2.74 bits per heavy atom. The Morgan fingerprint density at radius 2 is 2.11 bits per heavy atom. The van der Waals surface area contributed by atoms with Gasteiger partial charge in [0.1, 0.15) is 11.4 Å². The lowest BCUT2D eigenvalue weighted by Crippen LogP contribution is -2.25. The van der Waals surface area contributed by atoms with Crippen molar-refractivity contribution in [3.05, 3.63) is 12.2 Å². The minimum atomic E-state index is -1.29. The summed E-state index contributed by atoms with van der Waals surface area (Å²) in [6.07, 6.45) is 15.8. The average molecular weight is 379 g/mol. The van der Waals surface area contributed by atoms with E-state index in [4.69, 9.17) is 11.5 Å². The Morgan fingerprint density at radius 1 is 1.37 bits per heavy atom. The SMILES string of the molecule is C#CC(O)(CC=C[C@H]1CCC(=O)[C@@H]1CCCCCC(O)C(=O)O)CCCC. The van der Waals surface area contributed by atoms with Crippen molar-refractivity contribution in [3.8, 4) is 12.3 Å². The molecular formula is C22H34O5. The normalized spacial score (nSPS) is 23.3. The molecule has 0 spiro atoms. The van der Waals surface area contributed by atoms with Crippen LogP contribution in [0.2, 0.25) is 0 Å². The van der Waals surface area contributed by atoms with Crippen molar-refractivity contribution in [3.63, 3.8) is 0 Å². The highest BCUT2D eigenvalue weighted by Gasteiger charge is 2.32. The van der Waals surface area contributed by atoms with Crippen molar-refractivity contribution in [1.29, 1.82) is 0 Å². The summed E-state index contributed by atoms with van der Waals surface area (Å²) in [7, 11) is 0. The molecule has 5 nitrogen and oxygen atoms in total. The van der Waals surface area contributed by atoms with Crippen LogP contribution in [0.3, 0.4) is 0 Å². The summed E-state index contributed by atoms with van der Waals surface area (Å²) in [6.45, 7) is 2.06. The zero-order chi connectivity index (χ0) is 20.3. The molecule has 0 amide bonds. The van der Waals surface area contributed by atoms with Crippen molar-refractivity contribution in [1.82, 2.24) is 0 Å². The monoisotopic (exact) mass is 378 g/mol. The molecule has 1 aliphatic rings. The Labute approximate surface area is 162 Å². The van der Waals surface area contributed by atoms with Gasteiger partial charge in [0.15, 0.2) is 6.10 Å². The van der Waals surface area contributed by atoms with Crippen LogP contribution in [0.1, 0.15) is 77.6 Å². The number of carboxylic acid groups (broad SMARTS) is 1. The van der Waals surface area contributed by atoms with Gasteiger partial charge in [0.25, 0.3) is 0 Å². The molecule has 1 saturated carbocycles. The number of aliphatic carboxylic acids is 1. The summed E-state index contributed by atoms with van der Waals surface area (Å²) in [5, 5.41) is 28.3. The maximum atomic E-state index is 12.2. The van der Waals surface area contributed by atoms with Gasteiger partial charge in [-0.2, -0.15) is 0 Å². The number of carbonyl (C=O) groups is 2. The highest BCUT2D eigenvalue weighted by atomic mass is 16.4. The van der Waals surface area contributed by atoms with Crippen LogP contribution in [0.5, 0.6) is 0 Å². The summed E-state index contributed by atoms with van der Waals surface area (Å²) < 4.78 is 0. The first-order valence-electron chi connectivity index (χ1n) is 10.1. The van der Waals surface area contributed by atoms with E-state index in [0.717, 1.165) is 38.5 Å². The number of Topliss-reactive ketones (excluding diaryl/α,β-unsaturated/α-hetero) is 1. The number of hydrogen-bond acceptors (Lipinski definition) is 4. The molecule has 0 saturated heterocycles. The predicted octanol–water partition coefficient (Wildman–Crippen LogP) is 3.48. The second kappa shape index (κ2) is 11.9. The number of terminal acetylenes is 1. The molecule has 0 heterocycles. The summed E-state index contributed by atoms with van der Waals surface area (Å²) in [5.74, 6) is 1.79. The van der Waals surface area contributed by atoms with E-state index in [1.54, 1.807) is 0 Å². The molecule has 152 valence electrons. The van der Waals surface area contributed by atoms with Crippen LogP contribution >= 0.6 is 0 Å². The molecule has 0 aliphatic heterocycles. The Hall–Kier alpha value is -1.64. The van der Waals surface area contributed by atoms with Gasteiger partial charge in [-0.15, -0.1) is 6.42 Å². The number of aliphatic hydroxyl groups is 2. The lowest BCUT2D eigenvalue weighted by atomic mass is 9.88. The highest BCUT2D eigenvalue weighted by Crippen LogP contribution is 2.34. The maximum Gasteiger partial charge on any atom is 0.332 e. The molecular weight excluding hydrogens is 344 g/mol. The molecule has 0 radical (unpaired) electrons. The van der Waals surface area contributed by atoms with E-state index in [1.807, 2.05) is 12.2 Å². The fourth-order valence-corrected chi connectivity index (χ4v) is 3.68. The summed E-state index contributed by atoms with van der Waals surface area (Å²) in [6, 6.07) is 0. The molecule has 5 heteroatoms. The van der Waals surface area contributed by atoms with E-state index in [0.29, 0.717) is 25.7 Å². The number of unbranched alkanes of at least 4 members (excludes halogenated alkanes) is 3. The first-order chi connectivity index (χ1) is 12.8. The molecule has 0 aromatic heterocycles. The second-order valence-electron chi connectivity index (χ2n) is 7.68. The number of aliphatic hydroxyl groups excluding tert-OH is 1. The fourth-order valence-electron chi connectivity index (χ4n) is 3.68. The second-order valence-corrected chi connectivity index (χ2v) is 7.68. The van der Waals surface area contributed by atoms with E-state index in [2.05, 4.69) is 12.8 Å². The lowest BCUT2D eigenvalue weighted by Gasteiger charge is -2.21. The van der Waals surface area contributed by atoms with E-state index >= 15 is 0 Å². The first-order valence-corrected chi connectivity index (χ1v) is 10.1. The number of ketones is 1. The van der Waals surface area contributed by atoms with Gasteiger partial charge >= 0.3 is 5.97 Å². The van der Waals surface area contributed by atoms with Crippen LogP contribution in [0.25, 0.3) is 0 Å².